The van der Waals surface area contributed by atoms with Gasteiger partial charge in [-0.3, -0.25) is 0 Å². The fourth-order valence-corrected chi connectivity index (χ4v) is 5.55. The molecule has 2 amide bonds. The van der Waals surface area contributed by atoms with Gasteiger partial charge in [-0.25, -0.2) is 27.3 Å². The highest BCUT2D eigenvalue weighted by Crippen LogP contribution is 2.29. The Balaban J connectivity index is 0.000000566. The Labute approximate surface area is 256 Å². The fourth-order valence-electron chi connectivity index (χ4n) is 4.54. The maximum absolute atomic E-state index is 12.8. The van der Waals surface area contributed by atoms with Crippen molar-refractivity contribution in [1.29, 1.82) is 0 Å². The number of sulfonamides is 1. The Kier molecular flexibility index (Phi) is 10.2. The lowest BCUT2D eigenvalue weighted by Crippen LogP contribution is -2.47. The van der Waals surface area contributed by atoms with Crippen molar-refractivity contribution in [2.24, 2.45) is 0 Å². The van der Waals surface area contributed by atoms with E-state index in [1.165, 1.54) is 10.6 Å². The molecule has 2 aliphatic rings. The summed E-state index contributed by atoms with van der Waals surface area (Å²) in [6.07, 6.45) is 0.272. The minimum Gasteiger partial charge on any atom is -0.475 e. The third-order valence-electron chi connectivity index (χ3n) is 6.73. The summed E-state index contributed by atoms with van der Waals surface area (Å²) in [4.78, 5) is 30.5. The quantitative estimate of drug-likeness (QED) is 0.264. The molecule has 6 bridgehead atoms. The number of nitrogens with zero attached hydrogens (tertiary/aromatic N) is 3. The standard InChI is InChI=1S/C25H28ClN7O3S.C2HF3O2/c1-37(35,36)33-11-9-18(10-12-33)30-25(34)31-22-8-7-20-14-17(22)6-5-16-3-2-4-19(13-16)29-24-27-15-21(26)23(28-20)32-24;3-2(4,5)1(6)7/h2-4,7-8,13-15,18H,5-6,9-12H2,1H3,(H2,30,31,34)(H2,27,28,29,32);(H,6,7). The number of carbonyl (C=O) groups is 2. The Morgan fingerprint density at radius 2 is 1.75 bits per heavy atom. The minimum absolute atomic E-state index is 0.0895. The molecular formula is C27H29ClF3N7O5S. The number of aromatic nitrogens is 2. The number of anilines is 5. The Morgan fingerprint density at radius 1 is 1.07 bits per heavy atom. The van der Waals surface area contributed by atoms with Gasteiger partial charge in [0.15, 0.2) is 5.82 Å². The monoisotopic (exact) mass is 655 g/mol. The SMILES string of the molecule is CS(=O)(=O)N1CCC(NC(=O)Nc2ccc3cc2CCc2cccc(c2)Nc2ncc(Cl)c(n2)N3)CC1.O=C(O)C(F)(F)F. The fraction of sp³-hybridized carbons (Fsp3) is 0.333. The molecule has 1 fully saturated rings. The number of carboxylic acids is 1. The first-order chi connectivity index (χ1) is 20.7. The second-order valence-electron chi connectivity index (χ2n) is 10.1. The predicted octanol–water partition coefficient (Wildman–Crippen LogP) is 4.89. The van der Waals surface area contributed by atoms with E-state index in [9.17, 15) is 26.4 Å². The van der Waals surface area contributed by atoms with E-state index in [1.807, 2.05) is 30.3 Å². The van der Waals surface area contributed by atoms with Gasteiger partial charge in [-0.15, -0.1) is 0 Å². The van der Waals surface area contributed by atoms with Gasteiger partial charge in [-0.2, -0.15) is 18.2 Å². The number of aliphatic carboxylic acids is 1. The molecular weight excluding hydrogens is 627 g/mol. The molecule has 2 aromatic carbocycles. The number of hydrogen-bond donors (Lipinski definition) is 5. The molecule has 2 aliphatic heterocycles. The van der Waals surface area contributed by atoms with Crippen molar-refractivity contribution in [2.75, 3.05) is 35.3 Å². The summed E-state index contributed by atoms with van der Waals surface area (Å²) in [7, 11) is -3.21. The number of piperidine rings is 1. The van der Waals surface area contributed by atoms with Gasteiger partial charge in [0.25, 0.3) is 0 Å². The largest absolute Gasteiger partial charge is 0.490 e. The van der Waals surface area contributed by atoms with E-state index in [1.54, 1.807) is 6.20 Å². The highest BCUT2D eigenvalue weighted by molar-refractivity contribution is 7.88. The average molecular weight is 656 g/mol. The van der Waals surface area contributed by atoms with E-state index in [-0.39, 0.29) is 12.1 Å². The summed E-state index contributed by atoms with van der Waals surface area (Å²) in [5.74, 6) is -1.85. The Hall–Kier alpha value is -4.15. The van der Waals surface area contributed by atoms with Crippen molar-refractivity contribution in [1.82, 2.24) is 19.6 Å². The third kappa shape index (κ3) is 9.17. The Morgan fingerprint density at radius 3 is 2.41 bits per heavy atom. The van der Waals surface area contributed by atoms with E-state index < -0.39 is 22.2 Å². The van der Waals surface area contributed by atoms with Crippen LogP contribution in [-0.2, 0) is 27.7 Å². The lowest BCUT2D eigenvalue weighted by Gasteiger charge is -2.30. The van der Waals surface area contributed by atoms with Crippen LogP contribution in [0.25, 0.3) is 0 Å². The van der Waals surface area contributed by atoms with Crippen LogP contribution in [0.3, 0.4) is 0 Å². The lowest BCUT2D eigenvalue weighted by atomic mass is 10.0. The van der Waals surface area contributed by atoms with Crippen LogP contribution in [0.5, 0.6) is 0 Å². The first-order valence-corrected chi connectivity index (χ1v) is 15.5. The van der Waals surface area contributed by atoms with E-state index in [0.717, 1.165) is 28.9 Å². The first-order valence-electron chi connectivity index (χ1n) is 13.3. The maximum atomic E-state index is 12.8. The molecule has 3 heterocycles. The van der Waals surface area contributed by atoms with Crippen molar-refractivity contribution >= 4 is 62.5 Å². The van der Waals surface area contributed by atoms with Crippen LogP contribution in [0.2, 0.25) is 5.02 Å². The van der Waals surface area contributed by atoms with Gasteiger partial charge in [0.2, 0.25) is 16.0 Å². The van der Waals surface area contributed by atoms with Crippen molar-refractivity contribution in [2.45, 2.75) is 37.9 Å². The number of aryl methyl sites for hydroxylation is 2. The van der Waals surface area contributed by atoms with Crippen molar-refractivity contribution in [3.05, 3.63) is 64.8 Å². The lowest BCUT2D eigenvalue weighted by molar-refractivity contribution is -0.192. The maximum Gasteiger partial charge on any atom is 0.490 e. The molecule has 236 valence electrons. The highest BCUT2D eigenvalue weighted by Gasteiger charge is 2.38. The predicted molar refractivity (Wildman–Crippen MR) is 159 cm³/mol. The number of carbonyl (C=O) groups excluding carboxylic acids is 1. The number of amides is 2. The number of benzene rings is 2. The molecule has 12 nitrogen and oxygen atoms in total. The zero-order valence-corrected chi connectivity index (χ0v) is 24.9. The molecule has 0 unspecified atom stereocenters. The van der Waals surface area contributed by atoms with Crippen LogP contribution in [-0.4, -0.2) is 71.4 Å². The molecule has 3 aromatic rings. The molecule has 0 saturated carbocycles. The summed E-state index contributed by atoms with van der Waals surface area (Å²) in [5.41, 5.74) is 4.44. The van der Waals surface area contributed by atoms with Crippen LogP contribution in [0.1, 0.15) is 24.0 Å². The molecule has 44 heavy (non-hydrogen) atoms. The van der Waals surface area contributed by atoms with Gasteiger partial charge in [-0.1, -0.05) is 23.7 Å². The zero-order valence-electron chi connectivity index (χ0n) is 23.3. The summed E-state index contributed by atoms with van der Waals surface area (Å²) in [6, 6.07) is 13.3. The summed E-state index contributed by atoms with van der Waals surface area (Å²) in [6.45, 7) is 0.799. The topological polar surface area (TPSA) is 166 Å². The van der Waals surface area contributed by atoms with Crippen LogP contribution in [0.4, 0.5) is 46.8 Å². The Bertz CT molecular complexity index is 1630. The highest BCUT2D eigenvalue weighted by atomic mass is 35.5. The van der Waals surface area contributed by atoms with E-state index in [4.69, 9.17) is 21.5 Å². The second-order valence-corrected chi connectivity index (χ2v) is 12.4. The molecule has 5 rings (SSSR count). The van der Waals surface area contributed by atoms with Crippen LogP contribution in [0, 0.1) is 0 Å². The summed E-state index contributed by atoms with van der Waals surface area (Å²) in [5, 5.41) is 20.0. The van der Waals surface area contributed by atoms with Crippen LogP contribution in [0.15, 0.2) is 48.7 Å². The van der Waals surface area contributed by atoms with Crippen molar-refractivity contribution in [3.63, 3.8) is 0 Å². The number of carboxylic acid groups (broad SMARTS) is 1. The smallest absolute Gasteiger partial charge is 0.475 e. The molecule has 17 heteroatoms. The van der Waals surface area contributed by atoms with Crippen LogP contribution < -0.4 is 21.3 Å². The van der Waals surface area contributed by atoms with E-state index >= 15 is 0 Å². The number of halogens is 4. The number of rotatable bonds is 3. The molecule has 0 spiro atoms. The van der Waals surface area contributed by atoms with Gasteiger partial charge in [-0.05, 0) is 67.1 Å². The number of nitrogens with one attached hydrogen (secondary N) is 4. The van der Waals surface area contributed by atoms with E-state index in [2.05, 4.69) is 43.4 Å². The summed E-state index contributed by atoms with van der Waals surface area (Å²) < 4.78 is 56.7. The molecule has 0 atom stereocenters. The number of hydrogen-bond acceptors (Lipinski definition) is 8. The van der Waals surface area contributed by atoms with Gasteiger partial charge >= 0.3 is 18.2 Å². The summed E-state index contributed by atoms with van der Waals surface area (Å²) >= 11 is 6.34. The molecule has 1 saturated heterocycles. The normalized spacial score (nSPS) is 15.5. The minimum atomic E-state index is -5.08. The third-order valence-corrected chi connectivity index (χ3v) is 8.31. The molecule has 1 aromatic heterocycles. The van der Waals surface area contributed by atoms with Gasteiger partial charge in [0.05, 0.1) is 12.5 Å². The number of urea groups is 1. The van der Waals surface area contributed by atoms with Crippen molar-refractivity contribution < 1.29 is 36.3 Å². The number of fused-ring (bicyclic) bond motifs is 6. The average Bonchev–Trinajstić information content (AvgIpc) is 2.95. The van der Waals surface area contributed by atoms with E-state index in [0.29, 0.717) is 54.8 Å². The van der Waals surface area contributed by atoms with Gasteiger partial charge in [0, 0.05) is 36.2 Å². The zero-order chi connectivity index (χ0) is 32.1. The molecule has 5 N–H and O–H groups in total. The first kappa shape index (κ1) is 32.8. The van der Waals surface area contributed by atoms with Crippen LogP contribution >= 0.6 is 11.6 Å². The van der Waals surface area contributed by atoms with Gasteiger partial charge in [0.1, 0.15) is 5.02 Å². The second kappa shape index (κ2) is 13.7. The number of alkyl halides is 3. The molecule has 0 radical (unpaired) electrons. The molecule has 0 aliphatic carbocycles. The van der Waals surface area contributed by atoms with Gasteiger partial charge < -0.3 is 26.4 Å². The van der Waals surface area contributed by atoms with Crippen molar-refractivity contribution in [3.8, 4) is 0 Å².